The molecule has 0 aromatic carbocycles. The molecule has 4 N–H and O–H groups in total. The molecule has 0 radical (unpaired) electrons. The van der Waals surface area contributed by atoms with Crippen LogP contribution in [0.25, 0.3) is 0 Å². The van der Waals surface area contributed by atoms with Crippen LogP contribution in [-0.2, 0) is 17.1 Å². The van der Waals surface area contributed by atoms with Crippen molar-refractivity contribution >= 4 is 15.8 Å². The summed E-state index contributed by atoms with van der Waals surface area (Å²) in [5.41, 5.74) is 5.49. The van der Waals surface area contributed by atoms with Gasteiger partial charge >= 0.3 is 0 Å². The van der Waals surface area contributed by atoms with E-state index in [0.29, 0.717) is 12.8 Å². The molecule has 0 fully saturated rings. The van der Waals surface area contributed by atoms with E-state index in [2.05, 4.69) is 9.82 Å². The van der Waals surface area contributed by atoms with Gasteiger partial charge in [0.15, 0.2) is 5.82 Å². The molecule has 0 amide bonds. The topological polar surface area (TPSA) is 110 Å². The van der Waals surface area contributed by atoms with Gasteiger partial charge in [0.1, 0.15) is 4.90 Å². The Bertz CT molecular complexity index is 467. The number of hydrogen-bond acceptors (Lipinski definition) is 5. The van der Waals surface area contributed by atoms with Crippen molar-refractivity contribution in [2.24, 2.45) is 7.05 Å². The van der Waals surface area contributed by atoms with Crippen LogP contribution in [0.1, 0.15) is 19.8 Å². The number of sulfonamides is 1. The summed E-state index contributed by atoms with van der Waals surface area (Å²) in [6, 6.07) is 0. The average Bonchev–Trinajstić information content (AvgIpc) is 2.53. The fourth-order valence-electron chi connectivity index (χ4n) is 1.37. The van der Waals surface area contributed by atoms with Gasteiger partial charge in [-0.3, -0.25) is 4.68 Å². The Balaban J connectivity index is 2.60. The second kappa shape index (κ2) is 5.48. The summed E-state index contributed by atoms with van der Waals surface area (Å²) in [5, 5.41) is 12.8. The van der Waals surface area contributed by atoms with Gasteiger partial charge in [0.2, 0.25) is 10.0 Å². The van der Waals surface area contributed by atoms with Gasteiger partial charge in [0.25, 0.3) is 0 Å². The van der Waals surface area contributed by atoms with Gasteiger partial charge in [-0.05, 0) is 19.8 Å². The smallest absolute Gasteiger partial charge is 0.245 e. The number of nitrogens with two attached hydrogens (primary N) is 1. The standard InChI is InChI=1S/C9H18N4O3S/c1-7(14)4-3-5-11-17(15,16)8-6-13(2)12-9(8)10/h6-7,11,14H,3-5H2,1-2H3,(H2,10,12). The van der Waals surface area contributed by atoms with Gasteiger partial charge < -0.3 is 10.8 Å². The van der Waals surface area contributed by atoms with Crippen LogP contribution in [0.4, 0.5) is 5.82 Å². The maximum atomic E-state index is 11.8. The van der Waals surface area contributed by atoms with Gasteiger partial charge in [0, 0.05) is 19.8 Å². The van der Waals surface area contributed by atoms with Crippen LogP contribution in [-0.4, -0.2) is 36.0 Å². The fourth-order valence-corrected chi connectivity index (χ4v) is 2.55. The fraction of sp³-hybridized carbons (Fsp3) is 0.667. The van der Waals surface area contributed by atoms with Crippen molar-refractivity contribution in [2.75, 3.05) is 12.3 Å². The summed E-state index contributed by atoms with van der Waals surface area (Å²) in [4.78, 5) is -0.0166. The molecule has 1 unspecified atom stereocenters. The first-order valence-corrected chi connectivity index (χ1v) is 6.78. The van der Waals surface area contributed by atoms with E-state index in [-0.39, 0.29) is 17.3 Å². The van der Waals surface area contributed by atoms with Crippen molar-refractivity contribution in [3.05, 3.63) is 6.20 Å². The van der Waals surface area contributed by atoms with E-state index in [1.165, 1.54) is 10.9 Å². The van der Waals surface area contributed by atoms with Gasteiger partial charge in [-0.2, -0.15) is 5.10 Å². The Morgan fingerprint density at radius 2 is 2.29 bits per heavy atom. The molecule has 0 bridgehead atoms. The molecule has 1 aromatic rings. The Morgan fingerprint density at radius 3 is 2.76 bits per heavy atom. The lowest BCUT2D eigenvalue weighted by Crippen LogP contribution is -2.25. The number of aliphatic hydroxyl groups is 1. The molecular formula is C9H18N4O3S. The third-order valence-corrected chi connectivity index (χ3v) is 3.68. The number of aryl methyl sites for hydroxylation is 1. The Kier molecular flexibility index (Phi) is 4.49. The normalized spacial score (nSPS) is 13.8. The summed E-state index contributed by atoms with van der Waals surface area (Å²) in [7, 11) is -2.01. The van der Waals surface area contributed by atoms with E-state index in [9.17, 15) is 8.42 Å². The molecule has 0 aliphatic heterocycles. The molecule has 0 aliphatic carbocycles. The lowest BCUT2D eigenvalue weighted by molar-refractivity contribution is 0.182. The van der Waals surface area contributed by atoms with E-state index < -0.39 is 16.1 Å². The van der Waals surface area contributed by atoms with Crippen molar-refractivity contribution in [3.63, 3.8) is 0 Å². The molecule has 98 valence electrons. The molecule has 0 spiro atoms. The predicted octanol–water partition coefficient (Wildman–Crippen LogP) is -0.558. The lowest BCUT2D eigenvalue weighted by Gasteiger charge is -2.06. The number of nitrogens with one attached hydrogen (secondary N) is 1. The molecule has 17 heavy (non-hydrogen) atoms. The second-order valence-electron chi connectivity index (χ2n) is 3.94. The minimum Gasteiger partial charge on any atom is -0.393 e. The Hall–Kier alpha value is -1.12. The minimum atomic E-state index is -3.61. The van der Waals surface area contributed by atoms with Gasteiger partial charge in [-0.25, -0.2) is 13.1 Å². The second-order valence-corrected chi connectivity index (χ2v) is 5.68. The first kappa shape index (κ1) is 13.9. The highest BCUT2D eigenvalue weighted by atomic mass is 32.2. The highest BCUT2D eigenvalue weighted by molar-refractivity contribution is 7.89. The predicted molar refractivity (Wildman–Crippen MR) is 63.7 cm³/mol. The Morgan fingerprint density at radius 1 is 1.65 bits per heavy atom. The maximum Gasteiger partial charge on any atom is 0.245 e. The van der Waals surface area contributed by atoms with E-state index in [1.54, 1.807) is 14.0 Å². The van der Waals surface area contributed by atoms with Crippen LogP contribution < -0.4 is 10.5 Å². The first-order chi connectivity index (χ1) is 7.83. The largest absolute Gasteiger partial charge is 0.393 e. The summed E-state index contributed by atoms with van der Waals surface area (Å²) >= 11 is 0. The van der Waals surface area contributed by atoms with Gasteiger partial charge in [-0.15, -0.1) is 0 Å². The third kappa shape index (κ3) is 3.99. The van der Waals surface area contributed by atoms with E-state index >= 15 is 0 Å². The molecule has 7 nitrogen and oxygen atoms in total. The van der Waals surface area contributed by atoms with Crippen LogP contribution in [0, 0.1) is 0 Å². The lowest BCUT2D eigenvalue weighted by atomic mass is 10.2. The van der Waals surface area contributed by atoms with Crippen LogP contribution >= 0.6 is 0 Å². The quantitative estimate of drug-likeness (QED) is 0.595. The zero-order chi connectivity index (χ0) is 13.1. The van der Waals surface area contributed by atoms with Crippen LogP contribution in [0.3, 0.4) is 0 Å². The molecule has 0 aliphatic rings. The highest BCUT2D eigenvalue weighted by Gasteiger charge is 2.19. The highest BCUT2D eigenvalue weighted by Crippen LogP contribution is 2.14. The van der Waals surface area contributed by atoms with Crippen molar-refractivity contribution in [3.8, 4) is 0 Å². The molecule has 1 rings (SSSR count). The van der Waals surface area contributed by atoms with Crippen molar-refractivity contribution in [2.45, 2.75) is 30.8 Å². The number of aliphatic hydroxyl groups excluding tert-OH is 1. The molecule has 1 aromatic heterocycles. The number of anilines is 1. The van der Waals surface area contributed by atoms with Crippen LogP contribution in [0.2, 0.25) is 0 Å². The number of hydrogen-bond donors (Lipinski definition) is 3. The minimum absolute atomic E-state index is 0.0166. The van der Waals surface area contributed by atoms with Crippen molar-refractivity contribution in [1.82, 2.24) is 14.5 Å². The molecule has 0 saturated heterocycles. The van der Waals surface area contributed by atoms with Gasteiger partial charge in [-0.1, -0.05) is 0 Å². The number of nitrogens with zero attached hydrogens (tertiary/aromatic N) is 2. The zero-order valence-corrected chi connectivity index (χ0v) is 10.7. The number of nitrogen functional groups attached to an aromatic ring is 1. The SMILES string of the molecule is CC(O)CCCNS(=O)(=O)c1cn(C)nc1N. The summed E-state index contributed by atoms with van der Waals surface area (Å²) in [5.74, 6) is -0.0180. The average molecular weight is 262 g/mol. The number of aromatic nitrogens is 2. The van der Waals surface area contributed by atoms with Gasteiger partial charge in [0.05, 0.1) is 6.10 Å². The van der Waals surface area contributed by atoms with Crippen molar-refractivity contribution in [1.29, 1.82) is 0 Å². The van der Waals surface area contributed by atoms with Crippen molar-refractivity contribution < 1.29 is 13.5 Å². The van der Waals surface area contributed by atoms with E-state index in [4.69, 9.17) is 10.8 Å². The number of rotatable bonds is 6. The summed E-state index contributed by atoms with van der Waals surface area (Å²) in [6.07, 6.45) is 2.04. The molecule has 1 heterocycles. The van der Waals surface area contributed by atoms with Crippen LogP contribution in [0.5, 0.6) is 0 Å². The Labute approximate surface area is 101 Å². The molecule has 1 atom stereocenters. The monoisotopic (exact) mass is 262 g/mol. The molecule has 0 saturated carbocycles. The maximum absolute atomic E-state index is 11.8. The zero-order valence-electron chi connectivity index (χ0n) is 9.92. The third-order valence-electron chi connectivity index (χ3n) is 2.20. The summed E-state index contributed by atoms with van der Waals surface area (Å²) in [6.45, 7) is 1.93. The molecule has 8 heteroatoms. The van der Waals surface area contributed by atoms with E-state index in [1.807, 2.05) is 0 Å². The summed E-state index contributed by atoms with van der Waals surface area (Å²) < 4.78 is 27.4. The van der Waals surface area contributed by atoms with E-state index in [0.717, 1.165) is 0 Å². The van der Waals surface area contributed by atoms with Crippen LogP contribution in [0.15, 0.2) is 11.1 Å². The molecular weight excluding hydrogens is 244 g/mol. The first-order valence-electron chi connectivity index (χ1n) is 5.30.